The molecule has 2 amide bonds. The second kappa shape index (κ2) is 10.5. The van der Waals surface area contributed by atoms with Gasteiger partial charge in [-0.05, 0) is 51.3 Å². The van der Waals surface area contributed by atoms with Crippen LogP contribution in [0.4, 0.5) is 0 Å². The van der Waals surface area contributed by atoms with E-state index in [1.807, 2.05) is 30.0 Å². The number of carbonyl (C=O) groups is 2. The maximum atomic E-state index is 13.1. The first-order valence-electron chi connectivity index (χ1n) is 11.8. The molecule has 3 aromatic rings. The summed E-state index contributed by atoms with van der Waals surface area (Å²) in [5, 5.41) is 3.03. The van der Waals surface area contributed by atoms with Gasteiger partial charge in [-0.25, -0.2) is 9.97 Å². The highest BCUT2D eigenvalue weighted by atomic mass is 16.2. The van der Waals surface area contributed by atoms with Gasteiger partial charge in [-0.15, -0.1) is 0 Å². The largest absolute Gasteiger partial charge is 0.348 e. The predicted octanol–water partition coefficient (Wildman–Crippen LogP) is 3.68. The molecule has 1 saturated heterocycles. The molecule has 3 heterocycles. The third-order valence-electron chi connectivity index (χ3n) is 6.21. The van der Waals surface area contributed by atoms with E-state index in [4.69, 9.17) is 0 Å². The molecule has 0 atom stereocenters. The van der Waals surface area contributed by atoms with Crippen LogP contribution < -0.4 is 5.32 Å². The van der Waals surface area contributed by atoms with Gasteiger partial charge in [0.25, 0.3) is 5.91 Å². The minimum Gasteiger partial charge on any atom is -0.348 e. The summed E-state index contributed by atoms with van der Waals surface area (Å²) in [7, 11) is 0. The standard InChI is InChI=1S/C27H31N5O2/c1-18-12-19(2)14-21(13-18)16-30-27(34)24-17-29-20(3)31-26(24)22-7-10-32(11-8-22)25(33)15-23-6-4-5-9-28-23/h4-6,9,12-14,17,22H,7-8,10-11,15-16H2,1-3H3,(H,30,34). The van der Waals surface area contributed by atoms with E-state index in [2.05, 4.69) is 52.3 Å². The topological polar surface area (TPSA) is 88.1 Å². The van der Waals surface area contributed by atoms with Gasteiger partial charge in [0.15, 0.2) is 0 Å². The van der Waals surface area contributed by atoms with Crippen LogP contribution >= 0.6 is 0 Å². The van der Waals surface area contributed by atoms with Gasteiger partial charge in [0.2, 0.25) is 5.91 Å². The smallest absolute Gasteiger partial charge is 0.254 e. The zero-order valence-corrected chi connectivity index (χ0v) is 20.0. The second-order valence-corrected chi connectivity index (χ2v) is 9.05. The van der Waals surface area contributed by atoms with Crippen LogP contribution in [0.2, 0.25) is 0 Å². The van der Waals surface area contributed by atoms with E-state index in [-0.39, 0.29) is 17.7 Å². The molecule has 0 radical (unpaired) electrons. The van der Waals surface area contributed by atoms with E-state index >= 15 is 0 Å². The number of pyridine rings is 1. The lowest BCUT2D eigenvalue weighted by Gasteiger charge is -2.32. The fraction of sp³-hybridized carbons (Fsp3) is 0.370. The maximum absolute atomic E-state index is 13.1. The number of hydrogen-bond donors (Lipinski definition) is 1. The molecule has 1 aliphatic heterocycles. The quantitative estimate of drug-likeness (QED) is 0.610. The number of aryl methyl sites for hydroxylation is 3. The number of carbonyl (C=O) groups excluding carboxylic acids is 2. The molecule has 176 valence electrons. The van der Waals surface area contributed by atoms with Crippen molar-refractivity contribution in [3.05, 3.63) is 88.3 Å². The first-order chi connectivity index (χ1) is 16.4. The Morgan fingerprint density at radius 2 is 1.76 bits per heavy atom. The number of amides is 2. The average Bonchev–Trinajstić information content (AvgIpc) is 2.82. The van der Waals surface area contributed by atoms with Gasteiger partial charge in [0.1, 0.15) is 5.82 Å². The van der Waals surface area contributed by atoms with Gasteiger partial charge in [-0.2, -0.15) is 0 Å². The normalized spacial score (nSPS) is 14.1. The van der Waals surface area contributed by atoms with Crippen molar-refractivity contribution in [2.75, 3.05) is 13.1 Å². The highest BCUT2D eigenvalue weighted by Crippen LogP contribution is 2.29. The lowest BCUT2D eigenvalue weighted by molar-refractivity contribution is -0.131. The molecule has 4 rings (SSSR count). The number of hydrogen-bond acceptors (Lipinski definition) is 5. The molecular formula is C27H31N5O2. The number of aromatic nitrogens is 3. The zero-order chi connectivity index (χ0) is 24.1. The summed E-state index contributed by atoms with van der Waals surface area (Å²) in [6.07, 6.45) is 5.18. The third kappa shape index (κ3) is 5.84. The van der Waals surface area contributed by atoms with Crippen molar-refractivity contribution in [1.82, 2.24) is 25.2 Å². The summed E-state index contributed by atoms with van der Waals surface area (Å²) in [4.78, 5) is 40.9. The Balaban J connectivity index is 1.41. The Hall–Kier alpha value is -3.61. The molecule has 7 nitrogen and oxygen atoms in total. The number of nitrogens with zero attached hydrogens (tertiary/aromatic N) is 4. The minimum atomic E-state index is -0.164. The molecule has 0 aliphatic carbocycles. The summed E-state index contributed by atoms with van der Waals surface area (Å²) in [5.74, 6) is 0.683. The molecule has 1 aliphatic rings. The fourth-order valence-electron chi connectivity index (χ4n) is 4.59. The van der Waals surface area contributed by atoms with Crippen LogP contribution in [-0.2, 0) is 17.8 Å². The molecule has 1 N–H and O–H groups in total. The number of nitrogens with one attached hydrogen (secondary N) is 1. The van der Waals surface area contributed by atoms with Crippen molar-refractivity contribution in [2.24, 2.45) is 0 Å². The monoisotopic (exact) mass is 457 g/mol. The van der Waals surface area contributed by atoms with Gasteiger partial charge in [-0.1, -0.05) is 35.4 Å². The van der Waals surface area contributed by atoms with Crippen LogP contribution in [0.5, 0.6) is 0 Å². The van der Waals surface area contributed by atoms with Crippen molar-refractivity contribution in [1.29, 1.82) is 0 Å². The highest BCUT2D eigenvalue weighted by Gasteiger charge is 2.28. The van der Waals surface area contributed by atoms with E-state index in [0.717, 1.165) is 29.8 Å². The lowest BCUT2D eigenvalue weighted by atomic mass is 9.90. The molecule has 1 fully saturated rings. The Bertz CT molecular complexity index is 1150. The number of likely N-dealkylation sites (tertiary alicyclic amines) is 1. The Kier molecular flexibility index (Phi) is 7.30. The molecule has 0 unspecified atom stereocenters. The molecule has 0 spiro atoms. The van der Waals surface area contributed by atoms with Crippen molar-refractivity contribution in [3.8, 4) is 0 Å². The summed E-state index contributed by atoms with van der Waals surface area (Å²) < 4.78 is 0. The van der Waals surface area contributed by atoms with Crippen LogP contribution in [0.3, 0.4) is 0 Å². The van der Waals surface area contributed by atoms with Gasteiger partial charge in [0.05, 0.1) is 17.7 Å². The minimum absolute atomic E-state index is 0.0856. The Labute approximate surface area is 200 Å². The lowest BCUT2D eigenvalue weighted by Crippen LogP contribution is -2.39. The molecule has 1 aromatic carbocycles. The van der Waals surface area contributed by atoms with E-state index < -0.39 is 0 Å². The van der Waals surface area contributed by atoms with E-state index in [0.29, 0.717) is 37.4 Å². The first-order valence-corrected chi connectivity index (χ1v) is 11.8. The van der Waals surface area contributed by atoms with Gasteiger partial charge >= 0.3 is 0 Å². The Morgan fingerprint density at radius 1 is 1.03 bits per heavy atom. The summed E-state index contributed by atoms with van der Waals surface area (Å²) >= 11 is 0. The molecule has 34 heavy (non-hydrogen) atoms. The Morgan fingerprint density at radius 3 is 2.44 bits per heavy atom. The van der Waals surface area contributed by atoms with Crippen molar-refractivity contribution in [3.63, 3.8) is 0 Å². The number of piperidine rings is 1. The van der Waals surface area contributed by atoms with Crippen molar-refractivity contribution in [2.45, 2.75) is 52.5 Å². The van der Waals surface area contributed by atoms with E-state index in [9.17, 15) is 9.59 Å². The summed E-state index contributed by atoms with van der Waals surface area (Å²) in [6.45, 7) is 7.68. The van der Waals surface area contributed by atoms with Crippen LogP contribution in [0, 0.1) is 20.8 Å². The van der Waals surface area contributed by atoms with Gasteiger partial charge in [0, 0.05) is 43.6 Å². The van der Waals surface area contributed by atoms with Crippen LogP contribution in [0.25, 0.3) is 0 Å². The van der Waals surface area contributed by atoms with Gasteiger partial charge in [-0.3, -0.25) is 14.6 Å². The summed E-state index contributed by atoms with van der Waals surface area (Å²) in [6, 6.07) is 11.9. The zero-order valence-electron chi connectivity index (χ0n) is 20.0. The molecule has 0 saturated carbocycles. The predicted molar refractivity (Wildman–Crippen MR) is 130 cm³/mol. The van der Waals surface area contributed by atoms with Gasteiger partial charge < -0.3 is 10.2 Å². The molecule has 2 aromatic heterocycles. The van der Waals surface area contributed by atoms with E-state index in [1.54, 1.807) is 12.4 Å². The molecule has 0 bridgehead atoms. The molecule has 7 heteroatoms. The molecular weight excluding hydrogens is 426 g/mol. The maximum Gasteiger partial charge on any atom is 0.254 e. The van der Waals surface area contributed by atoms with E-state index in [1.165, 1.54) is 11.1 Å². The number of benzene rings is 1. The highest BCUT2D eigenvalue weighted by molar-refractivity contribution is 5.95. The average molecular weight is 458 g/mol. The van der Waals surface area contributed by atoms with Crippen molar-refractivity contribution >= 4 is 11.8 Å². The first kappa shape index (κ1) is 23.5. The van der Waals surface area contributed by atoms with Crippen LogP contribution in [-0.4, -0.2) is 44.8 Å². The van der Waals surface area contributed by atoms with Crippen LogP contribution in [0.1, 0.15) is 63.0 Å². The second-order valence-electron chi connectivity index (χ2n) is 9.05. The third-order valence-corrected chi connectivity index (χ3v) is 6.21. The summed E-state index contributed by atoms with van der Waals surface area (Å²) in [5.41, 5.74) is 5.50. The SMILES string of the molecule is Cc1cc(C)cc(CNC(=O)c2cnc(C)nc2C2CCN(C(=O)Cc3ccccn3)CC2)c1. The fourth-order valence-corrected chi connectivity index (χ4v) is 4.59. The number of rotatable bonds is 6. The van der Waals surface area contributed by atoms with Crippen molar-refractivity contribution < 1.29 is 9.59 Å². The van der Waals surface area contributed by atoms with Crippen LogP contribution in [0.15, 0.2) is 48.8 Å².